The van der Waals surface area contributed by atoms with Gasteiger partial charge in [0.05, 0.1) is 11.8 Å². The average Bonchev–Trinajstić information content (AvgIpc) is 2.54. The van der Waals surface area contributed by atoms with Gasteiger partial charge in [-0.25, -0.2) is 18.0 Å². The van der Waals surface area contributed by atoms with Crippen molar-refractivity contribution in [1.29, 1.82) is 0 Å². The van der Waals surface area contributed by atoms with Gasteiger partial charge in [-0.1, -0.05) is 12.1 Å². The van der Waals surface area contributed by atoms with Crippen molar-refractivity contribution < 1.29 is 41.4 Å². The summed E-state index contributed by atoms with van der Waals surface area (Å²) in [4.78, 5) is 20.2. The number of aliphatic carboxylic acids is 2. The minimum atomic E-state index is -4.32. The van der Waals surface area contributed by atoms with Crippen LogP contribution in [0, 0.1) is 0 Å². The Hall–Kier alpha value is -2.18. The molecule has 27 heavy (non-hydrogen) atoms. The fraction of sp³-hybridized carbons (Fsp3) is 0.467. The highest BCUT2D eigenvalue weighted by atomic mass is 32.2. The van der Waals surface area contributed by atoms with Gasteiger partial charge in [0.25, 0.3) is 0 Å². The number of nitrogens with zero attached hydrogens (tertiary/aromatic N) is 2. The molecular weight excluding hydrogens is 393 g/mol. The van der Waals surface area contributed by atoms with E-state index >= 15 is 0 Å². The van der Waals surface area contributed by atoms with Gasteiger partial charge in [0.1, 0.15) is 0 Å². The minimum Gasteiger partial charge on any atom is -0.473 e. The van der Waals surface area contributed by atoms with Crippen LogP contribution in [0.5, 0.6) is 0 Å². The molecule has 0 unspecified atom stereocenters. The standard InChI is InChI=1S/C13H17F3N2O2S.C2H2O4/c1-21(19,20)18-8-6-17(7-9-18)10-11-2-4-12(5-3-11)13(14,15)16;3-1(4)2(5)6/h2-5H,6-10H2,1H3;(H,3,4)(H,5,6). The van der Waals surface area contributed by atoms with E-state index in [1.54, 1.807) is 0 Å². The number of halogens is 3. The molecule has 1 aliphatic rings. The van der Waals surface area contributed by atoms with Crippen LogP contribution < -0.4 is 0 Å². The first-order valence-corrected chi connectivity index (χ1v) is 9.45. The Balaban J connectivity index is 0.000000527. The van der Waals surface area contributed by atoms with Crippen molar-refractivity contribution in [3.05, 3.63) is 35.4 Å². The van der Waals surface area contributed by atoms with Gasteiger partial charge in [-0.15, -0.1) is 0 Å². The van der Waals surface area contributed by atoms with Crippen molar-refractivity contribution in [2.24, 2.45) is 0 Å². The van der Waals surface area contributed by atoms with Gasteiger partial charge in [0.2, 0.25) is 10.0 Å². The van der Waals surface area contributed by atoms with E-state index < -0.39 is 33.7 Å². The summed E-state index contributed by atoms with van der Waals surface area (Å²) in [5, 5.41) is 14.8. The van der Waals surface area contributed by atoms with Crippen LogP contribution in [0.3, 0.4) is 0 Å². The van der Waals surface area contributed by atoms with Gasteiger partial charge < -0.3 is 10.2 Å². The van der Waals surface area contributed by atoms with Gasteiger partial charge in [-0.05, 0) is 17.7 Å². The van der Waals surface area contributed by atoms with E-state index in [1.807, 2.05) is 4.90 Å². The molecule has 0 aromatic heterocycles. The van der Waals surface area contributed by atoms with E-state index in [0.717, 1.165) is 17.7 Å². The van der Waals surface area contributed by atoms with Crippen LogP contribution in [0.25, 0.3) is 0 Å². The Morgan fingerprint density at radius 3 is 1.78 bits per heavy atom. The number of carboxylic acids is 2. The average molecular weight is 412 g/mol. The second kappa shape index (κ2) is 9.15. The first-order chi connectivity index (χ1) is 12.3. The van der Waals surface area contributed by atoms with Gasteiger partial charge in [-0.3, -0.25) is 4.90 Å². The maximum Gasteiger partial charge on any atom is 0.416 e. The van der Waals surface area contributed by atoms with Crippen molar-refractivity contribution in [2.75, 3.05) is 32.4 Å². The van der Waals surface area contributed by atoms with E-state index in [9.17, 15) is 21.6 Å². The quantitative estimate of drug-likeness (QED) is 0.710. The predicted octanol–water partition coefficient (Wildman–Crippen LogP) is 0.938. The summed E-state index contributed by atoms with van der Waals surface area (Å²) in [7, 11) is -3.16. The van der Waals surface area contributed by atoms with E-state index in [4.69, 9.17) is 19.8 Å². The van der Waals surface area contributed by atoms with E-state index in [1.165, 1.54) is 22.7 Å². The Morgan fingerprint density at radius 1 is 1.00 bits per heavy atom. The first-order valence-electron chi connectivity index (χ1n) is 7.60. The fourth-order valence-corrected chi connectivity index (χ4v) is 3.10. The summed E-state index contributed by atoms with van der Waals surface area (Å²) >= 11 is 0. The molecule has 8 nitrogen and oxygen atoms in total. The molecule has 0 atom stereocenters. The molecule has 1 fully saturated rings. The van der Waals surface area contributed by atoms with Gasteiger partial charge in [0.15, 0.2) is 0 Å². The SMILES string of the molecule is CS(=O)(=O)N1CCN(Cc2ccc(C(F)(F)F)cc2)CC1.O=C(O)C(=O)O. The van der Waals surface area contributed by atoms with Gasteiger partial charge in [0, 0.05) is 32.7 Å². The number of sulfonamides is 1. The Kier molecular flexibility index (Phi) is 7.75. The molecule has 152 valence electrons. The third-order valence-corrected chi connectivity index (χ3v) is 4.97. The van der Waals surface area contributed by atoms with Crippen molar-refractivity contribution in [1.82, 2.24) is 9.21 Å². The largest absolute Gasteiger partial charge is 0.473 e. The molecule has 1 saturated heterocycles. The van der Waals surface area contributed by atoms with Crippen LogP contribution in [0.2, 0.25) is 0 Å². The van der Waals surface area contributed by atoms with Crippen LogP contribution in [0.4, 0.5) is 13.2 Å². The van der Waals surface area contributed by atoms with Crippen LogP contribution in [-0.2, 0) is 32.3 Å². The molecule has 0 saturated carbocycles. The molecule has 0 amide bonds. The minimum absolute atomic E-state index is 0.416. The van der Waals surface area contributed by atoms with Crippen molar-refractivity contribution in [3.63, 3.8) is 0 Å². The van der Waals surface area contributed by atoms with Crippen molar-refractivity contribution >= 4 is 22.0 Å². The number of alkyl halides is 3. The maximum absolute atomic E-state index is 12.5. The third-order valence-electron chi connectivity index (χ3n) is 3.67. The molecule has 1 aliphatic heterocycles. The molecule has 0 aliphatic carbocycles. The number of piperazine rings is 1. The summed E-state index contributed by atoms with van der Waals surface area (Å²) in [6, 6.07) is 5.07. The van der Waals surface area contributed by atoms with Crippen molar-refractivity contribution in [3.8, 4) is 0 Å². The molecule has 0 radical (unpaired) electrons. The summed E-state index contributed by atoms with van der Waals surface area (Å²) in [5.41, 5.74) is 0.129. The second-order valence-corrected chi connectivity index (χ2v) is 7.73. The number of carboxylic acid groups (broad SMARTS) is 2. The number of benzene rings is 1. The lowest BCUT2D eigenvalue weighted by Gasteiger charge is -2.33. The first kappa shape index (κ1) is 22.9. The Bertz CT molecular complexity index is 745. The van der Waals surface area contributed by atoms with Crippen LogP contribution in [0.1, 0.15) is 11.1 Å². The lowest BCUT2D eigenvalue weighted by molar-refractivity contribution is -0.159. The summed E-state index contributed by atoms with van der Waals surface area (Å²) < 4.78 is 61.6. The molecule has 0 spiro atoms. The highest BCUT2D eigenvalue weighted by Gasteiger charge is 2.30. The number of hydrogen-bond acceptors (Lipinski definition) is 5. The maximum atomic E-state index is 12.5. The lowest BCUT2D eigenvalue weighted by Crippen LogP contribution is -2.47. The zero-order valence-corrected chi connectivity index (χ0v) is 15.1. The third kappa shape index (κ3) is 7.93. The summed E-state index contributed by atoms with van der Waals surface area (Å²) in [6.45, 7) is 2.51. The molecule has 1 aromatic carbocycles. The topological polar surface area (TPSA) is 115 Å². The van der Waals surface area contributed by atoms with Gasteiger partial charge in [-0.2, -0.15) is 17.5 Å². The molecular formula is C15H19F3N2O6S. The fourth-order valence-electron chi connectivity index (χ4n) is 2.28. The predicted molar refractivity (Wildman–Crippen MR) is 88.4 cm³/mol. The van der Waals surface area contributed by atoms with E-state index in [-0.39, 0.29) is 0 Å². The Labute approximate surface area is 153 Å². The summed E-state index contributed by atoms with van der Waals surface area (Å²) in [6.07, 6.45) is -3.14. The van der Waals surface area contributed by atoms with Crippen molar-refractivity contribution in [2.45, 2.75) is 12.7 Å². The lowest BCUT2D eigenvalue weighted by atomic mass is 10.1. The van der Waals surface area contributed by atoms with E-state index in [2.05, 4.69) is 0 Å². The highest BCUT2D eigenvalue weighted by molar-refractivity contribution is 7.88. The van der Waals surface area contributed by atoms with Crippen LogP contribution in [-0.4, -0.2) is 72.2 Å². The smallest absolute Gasteiger partial charge is 0.416 e. The molecule has 12 heteroatoms. The molecule has 1 aromatic rings. The Morgan fingerprint density at radius 2 is 1.44 bits per heavy atom. The van der Waals surface area contributed by atoms with Crippen LogP contribution in [0.15, 0.2) is 24.3 Å². The second-order valence-electron chi connectivity index (χ2n) is 5.74. The van der Waals surface area contributed by atoms with Gasteiger partial charge >= 0.3 is 18.1 Å². The van der Waals surface area contributed by atoms with E-state index in [0.29, 0.717) is 32.7 Å². The molecule has 0 bridgehead atoms. The number of hydrogen-bond donors (Lipinski definition) is 2. The molecule has 1 heterocycles. The number of rotatable bonds is 3. The zero-order valence-electron chi connectivity index (χ0n) is 14.3. The normalized spacial score (nSPS) is 16.3. The molecule has 2 rings (SSSR count). The number of carbonyl (C=O) groups is 2. The zero-order chi connectivity index (χ0) is 20.8. The molecule has 2 N–H and O–H groups in total. The monoisotopic (exact) mass is 412 g/mol. The van der Waals surface area contributed by atoms with Crippen LogP contribution >= 0.6 is 0 Å². The summed E-state index contributed by atoms with van der Waals surface area (Å²) in [5.74, 6) is -3.65. The highest BCUT2D eigenvalue weighted by Crippen LogP contribution is 2.29.